The molecule has 0 saturated heterocycles. The molecule has 0 fully saturated rings. The average molecular weight is 267 g/mol. The average Bonchev–Trinajstić information content (AvgIpc) is 2.50. The van der Waals surface area contributed by atoms with Gasteiger partial charge in [0, 0.05) is 4.47 Å². The lowest BCUT2D eigenvalue weighted by molar-refractivity contribution is 1.32. The van der Waals surface area contributed by atoms with Gasteiger partial charge in [-0.1, -0.05) is 59.0 Å². The molecule has 0 atom stereocenters. The second kappa shape index (κ2) is 3.35. The Labute approximate surface area is 95.2 Å². The molecule has 0 aliphatic heterocycles. The maximum Gasteiger partial charge on any atom is 0.0780 e. The number of hydrogen-bond donors (Lipinski definition) is 0. The van der Waals surface area contributed by atoms with Crippen molar-refractivity contribution < 1.29 is 0 Å². The molecule has 2 heteroatoms. The van der Waals surface area contributed by atoms with Crippen molar-refractivity contribution in [3.05, 3.63) is 33.8 Å². The molecular weight excluding hydrogens is 252 g/mol. The first-order valence-electron chi connectivity index (χ1n) is 4.98. The van der Waals surface area contributed by atoms with Crippen molar-refractivity contribution >= 4 is 35.3 Å². The molecule has 2 rings (SSSR count). The first kappa shape index (κ1) is 10.2. The predicted molar refractivity (Wildman–Crippen MR) is 69.9 cm³/mol. The van der Waals surface area contributed by atoms with Gasteiger partial charge in [-0.05, 0) is 23.6 Å². The molecule has 74 valence electrons. The van der Waals surface area contributed by atoms with Crippen LogP contribution in [0.4, 0.5) is 0 Å². The molecule has 1 aromatic rings. The van der Waals surface area contributed by atoms with E-state index in [1.165, 1.54) is 10.0 Å². The van der Waals surface area contributed by atoms with Crippen LogP contribution in [-0.4, -0.2) is 8.07 Å². The van der Waals surface area contributed by atoms with Crippen molar-refractivity contribution in [1.82, 2.24) is 0 Å². The van der Waals surface area contributed by atoms with Gasteiger partial charge in [-0.2, -0.15) is 0 Å². The minimum absolute atomic E-state index is 1.12. The number of rotatable bonds is 1. The molecule has 0 N–H and O–H groups in total. The van der Waals surface area contributed by atoms with Crippen LogP contribution in [-0.2, 0) is 6.42 Å². The van der Waals surface area contributed by atoms with Gasteiger partial charge in [-0.3, -0.25) is 0 Å². The summed E-state index contributed by atoms with van der Waals surface area (Å²) in [6.07, 6.45) is 5.62. The van der Waals surface area contributed by atoms with Gasteiger partial charge < -0.3 is 0 Å². The Morgan fingerprint density at radius 3 is 2.57 bits per heavy atom. The van der Waals surface area contributed by atoms with E-state index in [2.05, 4.69) is 59.9 Å². The standard InChI is InChI=1S/C12H15BrSi/c1-14(2,3)12-8-7-11(13)9-5-4-6-10(9)12/h4-5,7-8H,6H2,1-3H3. The van der Waals surface area contributed by atoms with Crippen LogP contribution < -0.4 is 5.19 Å². The lowest BCUT2D eigenvalue weighted by Gasteiger charge is -2.21. The Hall–Kier alpha value is -0.343. The van der Waals surface area contributed by atoms with Crippen molar-refractivity contribution in [2.24, 2.45) is 0 Å². The van der Waals surface area contributed by atoms with Gasteiger partial charge in [0.25, 0.3) is 0 Å². The van der Waals surface area contributed by atoms with Gasteiger partial charge in [-0.15, -0.1) is 0 Å². The minimum atomic E-state index is -1.17. The molecule has 0 radical (unpaired) electrons. The summed E-state index contributed by atoms with van der Waals surface area (Å²) < 4.78 is 1.24. The summed E-state index contributed by atoms with van der Waals surface area (Å²) in [6, 6.07) is 4.50. The zero-order valence-corrected chi connectivity index (χ0v) is 11.5. The summed E-state index contributed by atoms with van der Waals surface area (Å²) in [5, 5.41) is 1.61. The second-order valence-electron chi connectivity index (χ2n) is 4.84. The Bertz CT molecular complexity index is 400. The molecule has 1 aliphatic rings. The van der Waals surface area contributed by atoms with Crippen molar-refractivity contribution in [3.8, 4) is 0 Å². The maximum absolute atomic E-state index is 3.61. The van der Waals surface area contributed by atoms with E-state index in [1.54, 1.807) is 10.8 Å². The van der Waals surface area contributed by atoms with E-state index in [-0.39, 0.29) is 0 Å². The van der Waals surface area contributed by atoms with Crippen molar-refractivity contribution in [3.63, 3.8) is 0 Å². The number of allylic oxidation sites excluding steroid dienone is 1. The smallest absolute Gasteiger partial charge is 0.0780 e. The molecule has 0 bridgehead atoms. The Balaban J connectivity index is 2.63. The van der Waals surface area contributed by atoms with Crippen molar-refractivity contribution in [1.29, 1.82) is 0 Å². The van der Waals surface area contributed by atoms with Gasteiger partial charge in [0.1, 0.15) is 0 Å². The van der Waals surface area contributed by atoms with E-state index in [9.17, 15) is 0 Å². The van der Waals surface area contributed by atoms with Gasteiger partial charge in [0.15, 0.2) is 0 Å². The number of fused-ring (bicyclic) bond motifs is 1. The van der Waals surface area contributed by atoms with Gasteiger partial charge in [0.2, 0.25) is 0 Å². The highest BCUT2D eigenvalue weighted by molar-refractivity contribution is 9.10. The lowest BCUT2D eigenvalue weighted by atomic mass is 10.1. The predicted octanol–water partition coefficient (Wildman–Crippen LogP) is 3.56. The normalized spacial score (nSPS) is 14.6. The summed E-state index contributed by atoms with van der Waals surface area (Å²) in [4.78, 5) is 0. The molecule has 0 heterocycles. The van der Waals surface area contributed by atoms with Crippen LogP contribution in [0.25, 0.3) is 6.08 Å². The van der Waals surface area contributed by atoms with Gasteiger partial charge >= 0.3 is 0 Å². The summed E-state index contributed by atoms with van der Waals surface area (Å²) in [7, 11) is -1.17. The van der Waals surface area contributed by atoms with E-state index in [0.29, 0.717) is 0 Å². The molecule has 0 nitrogen and oxygen atoms in total. The molecule has 0 unspecified atom stereocenters. The summed E-state index contributed by atoms with van der Waals surface area (Å²) in [6.45, 7) is 7.23. The second-order valence-corrected chi connectivity index (χ2v) is 10.7. The zero-order valence-electron chi connectivity index (χ0n) is 8.89. The quantitative estimate of drug-likeness (QED) is 0.682. The van der Waals surface area contributed by atoms with Crippen LogP contribution in [0, 0.1) is 0 Å². The molecule has 1 aliphatic carbocycles. The molecule has 1 aromatic carbocycles. The topological polar surface area (TPSA) is 0 Å². The van der Waals surface area contributed by atoms with Crippen LogP contribution >= 0.6 is 15.9 Å². The molecule has 0 amide bonds. The first-order valence-corrected chi connectivity index (χ1v) is 9.28. The largest absolute Gasteiger partial charge is 0.0795 e. The highest BCUT2D eigenvalue weighted by Crippen LogP contribution is 2.27. The van der Waals surface area contributed by atoms with Gasteiger partial charge in [0.05, 0.1) is 8.07 Å². The Kier molecular flexibility index (Phi) is 2.44. The van der Waals surface area contributed by atoms with E-state index in [4.69, 9.17) is 0 Å². The highest BCUT2D eigenvalue weighted by Gasteiger charge is 2.23. The summed E-state index contributed by atoms with van der Waals surface area (Å²) in [5.74, 6) is 0. The van der Waals surface area contributed by atoms with Crippen LogP contribution in [0.1, 0.15) is 11.1 Å². The Morgan fingerprint density at radius 1 is 1.21 bits per heavy atom. The fraction of sp³-hybridized carbons (Fsp3) is 0.333. The lowest BCUT2D eigenvalue weighted by Crippen LogP contribution is -2.40. The van der Waals surface area contributed by atoms with Crippen LogP contribution in [0.15, 0.2) is 22.7 Å². The summed E-state index contributed by atoms with van der Waals surface area (Å²) >= 11 is 3.61. The van der Waals surface area contributed by atoms with E-state index in [0.717, 1.165) is 6.42 Å². The zero-order chi connectivity index (χ0) is 10.3. The van der Waals surface area contributed by atoms with E-state index < -0.39 is 8.07 Å². The third-order valence-corrected chi connectivity index (χ3v) is 5.49. The fourth-order valence-electron chi connectivity index (χ4n) is 2.03. The first-order chi connectivity index (χ1) is 6.50. The fourth-order valence-corrected chi connectivity index (χ4v) is 4.26. The number of hydrogen-bond acceptors (Lipinski definition) is 0. The molecule has 0 aromatic heterocycles. The Morgan fingerprint density at radius 2 is 1.93 bits per heavy atom. The molecule has 14 heavy (non-hydrogen) atoms. The summed E-state index contributed by atoms with van der Waals surface area (Å²) in [5.41, 5.74) is 2.96. The third-order valence-electron chi connectivity index (χ3n) is 2.72. The van der Waals surface area contributed by atoms with E-state index >= 15 is 0 Å². The van der Waals surface area contributed by atoms with Crippen LogP contribution in [0.5, 0.6) is 0 Å². The van der Waals surface area contributed by atoms with Crippen molar-refractivity contribution in [2.75, 3.05) is 0 Å². The molecule has 0 saturated carbocycles. The number of halogens is 1. The third kappa shape index (κ3) is 1.61. The van der Waals surface area contributed by atoms with Crippen LogP contribution in [0.3, 0.4) is 0 Å². The highest BCUT2D eigenvalue weighted by atomic mass is 79.9. The van der Waals surface area contributed by atoms with E-state index in [1.807, 2.05) is 0 Å². The molecule has 0 spiro atoms. The van der Waals surface area contributed by atoms with Crippen molar-refractivity contribution in [2.45, 2.75) is 26.1 Å². The molecular formula is C12H15BrSi. The monoisotopic (exact) mass is 266 g/mol. The number of benzene rings is 1. The van der Waals surface area contributed by atoms with Gasteiger partial charge in [-0.25, -0.2) is 0 Å². The van der Waals surface area contributed by atoms with Crippen LogP contribution in [0.2, 0.25) is 19.6 Å². The minimum Gasteiger partial charge on any atom is -0.0795 e. The maximum atomic E-state index is 3.61. The SMILES string of the molecule is C[Si](C)(C)c1ccc(Br)c2c1CC=C2.